The topological polar surface area (TPSA) is 12.5 Å². The molecule has 0 N–H and O–H groups in total. The summed E-state index contributed by atoms with van der Waals surface area (Å²) in [5.41, 5.74) is 0.455. The number of nitrogens with zero attached hydrogens (tertiary/aromatic N) is 1. The normalized spacial score (nSPS) is 20.8. The Kier molecular flexibility index (Phi) is 7.81. The third kappa shape index (κ3) is 5.18. The first kappa shape index (κ1) is 16.5. The number of hydrogen-bond acceptors (Lipinski definition) is 2. The largest absolute Gasteiger partial charge is 0.377 e. The van der Waals surface area contributed by atoms with E-state index in [0.717, 1.165) is 18.5 Å². The molecule has 0 bridgehead atoms. The Bertz CT molecular complexity index is 211. The van der Waals surface area contributed by atoms with Crippen LogP contribution in [0.2, 0.25) is 0 Å². The molecule has 1 heterocycles. The Balaban J connectivity index is 2.46. The van der Waals surface area contributed by atoms with Crippen LogP contribution >= 0.6 is 15.9 Å². The summed E-state index contributed by atoms with van der Waals surface area (Å²) in [4.78, 5) is 2.49. The molecule has 1 aliphatic heterocycles. The fraction of sp³-hybridized carbons (Fsp3) is 1.00. The van der Waals surface area contributed by atoms with E-state index in [0.29, 0.717) is 11.5 Å². The van der Waals surface area contributed by atoms with Crippen molar-refractivity contribution in [2.24, 2.45) is 5.41 Å². The van der Waals surface area contributed by atoms with Gasteiger partial charge in [0.05, 0.1) is 6.10 Å². The maximum atomic E-state index is 5.74. The van der Waals surface area contributed by atoms with Gasteiger partial charge < -0.3 is 9.64 Å². The zero-order valence-electron chi connectivity index (χ0n) is 12.4. The highest BCUT2D eigenvalue weighted by atomic mass is 79.9. The van der Waals surface area contributed by atoms with Crippen LogP contribution in [-0.2, 0) is 4.74 Å². The summed E-state index contributed by atoms with van der Waals surface area (Å²) in [6.07, 6.45) is 8.16. The summed E-state index contributed by atoms with van der Waals surface area (Å²) in [7, 11) is 2.25. The monoisotopic (exact) mass is 319 g/mol. The minimum Gasteiger partial charge on any atom is -0.377 e. The van der Waals surface area contributed by atoms with Crippen LogP contribution in [0.25, 0.3) is 0 Å². The van der Waals surface area contributed by atoms with Crippen LogP contribution < -0.4 is 0 Å². The van der Waals surface area contributed by atoms with E-state index >= 15 is 0 Å². The Morgan fingerprint density at radius 1 is 1.28 bits per heavy atom. The lowest BCUT2D eigenvalue weighted by atomic mass is 9.80. The number of likely N-dealkylation sites (N-methyl/N-ethyl adjacent to an activating group) is 1. The van der Waals surface area contributed by atoms with Crippen molar-refractivity contribution in [3.8, 4) is 0 Å². The molecular formula is C15H30BrNO. The highest BCUT2D eigenvalue weighted by Crippen LogP contribution is 2.33. The van der Waals surface area contributed by atoms with E-state index in [1.807, 2.05) is 0 Å². The summed E-state index contributed by atoms with van der Waals surface area (Å²) in [5.74, 6) is 0. The molecule has 0 aromatic heterocycles. The first-order valence-corrected chi connectivity index (χ1v) is 8.64. The average Bonchev–Trinajstić information content (AvgIpc) is 2.82. The summed E-state index contributed by atoms with van der Waals surface area (Å²) < 4.78 is 5.74. The van der Waals surface area contributed by atoms with E-state index in [1.165, 1.54) is 45.1 Å². The van der Waals surface area contributed by atoms with Gasteiger partial charge in [0.1, 0.15) is 0 Å². The SMILES string of the molecule is CCCC(CBr)(CCC)CN(C)CC1CCCO1. The molecule has 0 saturated carbocycles. The van der Waals surface area contributed by atoms with Crippen molar-refractivity contribution in [2.45, 2.75) is 58.5 Å². The van der Waals surface area contributed by atoms with Crippen LogP contribution in [0.1, 0.15) is 52.4 Å². The lowest BCUT2D eigenvalue weighted by molar-refractivity contribution is 0.0648. The van der Waals surface area contributed by atoms with Crippen LogP contribution in [0, 0.1) is 5.41 Å². The third-order valence-electron chi connectivity index (χ3n) is 3.99. The van der Waals surface area contributed by atoms with Gasteiger partial charge in [-0.05, 0) is 38.1 Å². The predicted molar refractivity (Wildman–Crippen MR) is 82.5 cm³/mol. The second-order valence-corrected chi connectivity index (χ2v) is 6.53. The maximum Gasteiger partial charge on any atom is 0.0702 e. The summed E-state index contributed by atoms with van der Waals surface area (Å²) in [6.45, 7) is 7.86. The highest BCUT2D eigenvalue weighted by molar-refractivity contribution is 9.09. The van der Waals surface area contributed by atoms with Gasteiger partial charge in [-0.1, -0.05) is 42.6 Å². The van der Waals surface area contributed by atoms with Gasteiger partial charge in [0.2, 0.25) is 0 Å². The lowest BCUT2D eigenvalue weighted by Gasteiger charge is -2.36. The summed E-state index contributed by atoms with van der Waals surface area (Å²) in [6, 6.07) is 0. The fourth-order valence-corrected chi connectivity index (χ4v) is 4.03. The molecule has 0 aromatic carbocycles. The van der Waals surface area contributed by atoms with E-state index in [-0.39, 0.29) is 0 Å². The molecule has 1 rings (SSSR count). The van der Waals surface area contributed by atoms with Crippen LogP contribution in [0.15, 0.2) is 0 Å². The maximum absolute atomic E-state index is 5.74. The molecule has 0 spiro atoms. The molecule has 1 fully saturated rings. The average molecular weight is 320 g/mol. The lowest BCUT2D eigenvalue weighted by Crippen LogP contribution is -2.40. The standard InChI is InChI=1S/C15H30BrNO/c1-4-8-15(12-16,9-5-2)13-17(3)11-14-7-6-10-18-14/h14H,4-13H2,1-3H3. The third-order valence-corrected chi connectivity index (χ3v) is 5.18. The molecule has 1 unspecified atom stereocenters. The first-order valence-electron chi connectivity index (χ1n) is 7.52. The van der Waals surface area contributed by atoms with Gasteiger partial charge in [-0.15, -0.1) is 0 Å². The van der Waals surface area contributed by atoms with Gasteiger partial charge in [0, 0.05) is 25.0 Å². The molecule has 18 heavy (non-hydrogen) atoms. The molecule has 1 atom stereocenters. The predicted octanol–water partition coefficient (Wildman–Crippen LogP) is 4.08. The molecule has 1 saturated heterocycles. The van der Waals surface area contributed by atoms with Crippen molar-refractivity contribution in [3.05, 3.63) is 0 Å². The summed E-state index contributed by atoms with van der Waals surface area (Å²) >= 11 is 3.76. The minimum atomic E-state index is 0.455. The molecule has 3 heteroatoms. The van der Waals surface area contributed by atoms with E-state index in [1.54, 1.807) is 0 Å². The number of ether oxygens (including phenoxy) is 1. The molecule has 0 amide bonds. The van der Waals surface area contributed by atoms with Crippen LogP contribution in [-0.4, -0.2) is 43.1 Å². The quantitative estimate of drug-likeness (QED) is 0.594. The second kappa shape index (κ2) is 8.55. The van der Waals surface area contributed by atoms with Crippen LogP contribution in [0.4, 0.5) is 0 Å². The van der Waals surface area contributed by atoms with Crippen molar-refractivity contribution in [1.82, 2.24) is 4.90 Å². The molecule has 0 aliphatic carbocycles. The van der Waals surface area contributed by atoms with E-state index < -0.39 is 0 Å². The summed E-state index contributed by atoms with van der Waals surface area (Å²) in [5, 5.41) is 1.12. The molecular weight excluding hydrogens is 290 g/mol. The number of rotatable bonds is 9. The van der Waals surface area contributed by atoms with Gasteiger partial charge >= 0.3 is 0 Å². The minimum absolute atomic E-state index is 0.455. The number of alkyl halides is 1. The Hall–Kier alpha value is 0.400. The molecule has 108 valence electrons. The van der Waals surface area contributed by atoms with Crippen molar-refractivity contribution >= 4 is 15.9 Å². The van der Waals surface area contributed by atoms with Crippen LogP contribution in [0.5, 0.6) is 0 Å². The zero-order valence-corrected chi connectivity index (χ0v) is 14.0. The fourth-order valence-electron chi connectivity index (χ4n) is 3.29. The molecule has 0 radical (unpaired) electrons. The van der Waals surface area contributed by atoms with E-state index in [4.69, 9.17) is 4.74 Å². The zero-order chi connectivity index (χ0) is 13.4. The van der Waals surface area contributed by atoms with E-state index in [2.05, 4.69) is 41.7 Å². The van der Waals surface area contributed by atoms with Gasteiger partial charge in [0.15, 0.2) is 0 Å². The number of halogens is 1. The number of hydrogen-bond donors (Lipinski definition) is 0. The van der Waals surface area contributed by atoms with E-state index in [9.17, 15) is 0 Å². The molecule has 0 aromatic rings. The smallest absolute Gasteiger partial charge is 0.0702 e. The Labute approximate surface area is 122 Å². The van der Waals surface area contributed by atoms with Crippen molar-refractivity contribution in [3.63, 3.8) is 0 Å². The van der Waals surface area contributed by atoms with Crippen LogP contribution in [0.3, 0.4) is 0 Å². The van der Waals surface area contributed by atoms with Gasteiger partial charge in [-0.3, -0.25) is 0 Å². The van der Waals surface area contributed by atoms with Gasteiger partial charge in [0.25, 0.3) is 0 Å². The molecule has 1 aliphatic rings. The molecule has 2 nitrogen and oxygen atoms in total. The van der Waals surface area contributed by atoms with Gasteiger partial charge in [-0.25, -0.2) is 0 Å². The Morgan fingerprint density at radius 2 is 1.94 bits per heavy atom. The first-order chi connectivity index (χ1) is 8.65. The second-order valence-electron chi connectivity index (χ2n) is 5.97. The van der Waals surface area contributed by atoms with Crippen molar-refractivity contribution in [1.29, 1.82) is 0 Å². The Morgan fingerprint density at radius 3 is 2.39 bits per heavy atom. The highest BCUT2D eigenvalue weighted by Gasteiger charge is 2.29. The van der Waals surface area contributed by atoms with Crippen molar-refractivity contribution in [2.75, 3.05) is 32.1 Å². The van der Waals surface area contributed by atoms with Crippen molar-refractivity contribution < 1.29 is 4.74 Å². The van der Waals surface area contributed by atoms with Gasteiger partial charge in [-0.2, -0.15) is 0 Å².